The van der Waals surface area contributed by atoms with Crippen molar-refractivity contribution in [3.63, 3.8) is 0 Å². The Bertz CT molecular complexity index is 349. The summed E-state index contributed by atoms with van der Waals surface area (Å²) >= 11 is 0. The lowest BCUT2D eigenvalue weighted by molar-refractivity contribution is -0.303. The maximum absolute atomic E-state index is 10.7. The SMILES string of the molecule is O[C@@H]1CC[C@]2(CCCO2)[C@@]2(CCCO2)[C@]12CCCO2. The van der Waals surface area contributed by atoms with E-state index < -0.39 is 17.3 Å². The third-order valence-corrected chi connectivity index (χ3v) is 5.96. The Labute approximate surface area is 114 Å². The van der Waals surface area contributed by atoms with E-state index in [4.69, 9.17) is 14.2 Å². The van der Waals surface area contributed by atoms with Gasteiger partial charge in [0.15, 0.2) is 0 Å². The largest absolute Gasteiger partial charge is 0.390 e. The quantitative estimate of drug-likeness (QED) is 0.727. The molecule has 1 saturated carbocycles. The Balaban J connectivity index is 1.83. The summed E-state index contributed by atoms with van der Waals surface area (Å²) in [6.07, 6.45) is 7.44. The van der Waals surface area contributed by atoms with Gasteiger partial charge in [-0.25, -0.2) is 0 Å². The second-order valence-electron chi connectivity index (χ2n) is 6.62. The van der Waals surface area contributed by atoms with Gasteiger partial charge in [-0.05, 0) is 51.4 Å². The van der Waals surface area contributed by atoms with Crippen LogP contribution < -0.4 is 0 Å². The first-order valence-corrected chi connectivity index (χ1v) is 7.85. The van der Waals surface area contributed by atoms with Gasteiger partial charge in [0.2, 0.25) is 0 Å². The number of ether oxygens (including phenoxy) is 3. The molecule has 0 unspecified atom stereocenters. The lowest BCUT2D eigenvalue weighted by atomic mass is 9.58. The molecule has 3 spiro atoms. The summed E-state index contributed by atoms with van der Waals surface area (Å²) < 4.78 is 18.7. The van der Waals surface area contributed by atoms with Crippen LogP contribution in [0.2, 0.25) is 0 Å². The van der Waals surface area contributed by atoms with Gasteiger partial charge in [-0.3, -0.25) is 0 Å². The van der Waals surface area contributed by atoms with Crippen molar-refractivity contribution < 1.29 is 19.3 Å². The van der Waals surface area contributed by atoms with E-state index in [1.165, 1.54) is 0 Å². The molecular weight excluding hydrogens is 244 g/mol. The van der Waals surface area contributed by atoms with Crippen LogP contribution in [0.1, 0.15) is 51.4 Å². The Kier molecular flexibility index (Phi) is 2.76. The van der Waals surface area contributed by atoms with Gasteiger partial charge < -0.3 is 19.3 Å². The predicted octanol–water partition coefficient (Wildman–Crippen LogP) is 1.79. The zero-order valence-corrected chi connectivity index (χ0v) is 11.5. The van der Waals surface area contributed by atoms with Crippen LogP contribution in [0.15, 0.2) is 0 Å². The second kappa shape index (κ2) is 4.17. The van der Waals surface area contributed by atoms with Crippen molar-refractivity contribution in [2.45, 2.75) is 74.3 Å². The van der Waals surface area contributed by atoms with Crippen molar-refractivity contribution in [1.29, 1.82) is 0 Å². The van der Waals surface area contributed by atoms with Gasteiger partial charge in [-0.1, -0.05) is 0 Å². The van der Waals surface area contributed by atoms with Crippen LogP contribution in [0.25, 0.3) is 0 Å². The van der Waals surface area contributed by atoms with Crippen molar-refractivity contribution >= 4 is 0 Å². The molecule has 4 aliphatic rings. The molecule has 3 saturated heterocycles. The van der Waals surface area contributed by atoms with Crippen LogP contribution in [-0.2, 0) is 14.2 Å². The van der Waals surface area contributed by atoms with Gasteiger partial charge in [-0.2, -0.15) is 0 Å². The lowest BCUT2D eigenvalue weighted by Crippen LogP contribution is -2.74. The van der Waals surface area contributed by atoms with Crippen LogP contribution in [0.5, 0.6) is 0 Å². The van der Waals surface area contributed by atoms with Crippen molar-refractivity contribution in [3.05, 3.63) is 0 Å². The maximum Gasteiger partial charge on any atom is 0.128 e. The van der Waals surface area contributed by atoms with E-state index in [0.717, 1.165) is 71.2 Å². The molecular formula is C15H24O4. The van der Waals surface area contributed by atoms with E-state index in [1.54, 1.807) is 0 Å². The van der Waals surface area contributed by atoms with Gasteiger partial charge >= 0.3 is 0 Å². The van der Waals surface area contributed by atoms with Crippen molar-refractivity contribution in [3.8, 4) is 0 Å². The highest BCUT2D eigenvalue weighted by atomic mass is 16.6. The van der Waals surface area contributed by atoms with E-state index in [2.05, 4.69) is 0 Å². The summed E-state index contributed by atoms with van der Waals surface area (Å²) in [7, 11) is 0. The third kappa shape index (κ3) is 1.39. The molecule has 0 radical (unpaired) electrons. The fourth-order valence-corrected chi connectivity index (χ4v) is 5.25. The Hall–Kier alpha value is -0.160. The second-order valence-corrected chi connectivity index (χ2v) is 6.62. The minimum absolute atomic E-state index is 0.201. The molecule has 1 aliphatic carbocycles. The molecule has 19 heavy (non-hydrogen) atoms. The molecule has 1 N–H and O–H groups in total. The minimum atomic E-state index is -0.508. The van der Waals surface area contributed by atoms with Gasteiger partial charge in [0.1, 0.15) is 16.8 Å². The van der Waals surface area contributed by atoms with Gasteiger partial charge in [0.05, 0.1) is 6.10 Å². The third-order valence-electron chi connectivity index (χ3n) is 5.96. The first-order valence-electron chi connectivity index (χ1n) is 7.85. The average molecular weight is 268 g/mol. The molecule has 0 bridgehead atoms. The summed E-state index contributed by atoms with van der Waals surface area (Å²) in [5.41, 5.74) is -1.11. The summed E-state index contributed by atoms with van der Waals surface area (Å²) in [5.74, 6) is 0. The fraction of sp³-hybridized carbons (Fsp3) is 1.00. The molecule has 3 heterocycles. The summed E-state index contributed by atoms with van der Waals surface area (Å²) in [6, 6.07) is 0. The van der Waals surface area contributed by atoms with Crippen LogP contribution in [0.3, 0.4) is 0 Å². The van der Waals surface area contributed by atoms with E-state index in [-0.39, 0.29) is 5.60 Å². The Morgan fingerprint density at radius 3 is 2.16 bits per heavy atom. The predicted molar refractivity (Wildman–Crippen MR) is 69.0 cm³/mol. The fourth-order valence-electron chi connectivity index (χ4n) is 5.25. The highest BCUT2D eigenvalue weighted by Crippen LogP contribution is 2.60. The van der Waals surface area contributed by atoms with E-state index in [0.29, 0.717) is 0 Å². The van der Waals surface area contributed by atoms with Gasteiger partial charge in [-0.15, -0.1) is 0 Å². The molecule has 4 rings (SSSR count). The topological polar surface area (TPSA) is 47.9 Å². The monoisotopic (exact) mass is 268 g/mol. The van der Waals surface area contributed by atoms with Crippen LogP contribution in [-0.4, -0.2) is 47.8 Å². The zero-order chi connectivity index (χ0) is 13.0. The van der Waals surface area contributed by atoms with Crippen molar-refractivity contribution in [2.75, 3.05) is 19.8 Å². The minimum Gasteiger partial charge on any atom is -0.390 e. The summed E-state index contributed by atoms with van der Waals surface area (Å²) in [4.78, 5) is 0. The number of aliphatic hydroxyl groups is 1. The number of hydrogen-bond acceptors (Lipinski definition) is 4. The molecule has 108 valence electrons. The van der Waals surface area contributed by atoms with Gasteiger partial charge in [0, 0.05) is 19.8 Å². The molecule has 4 heteroatoms. The molecule has 3 aliphatic heterocycles. The van der Waals surface area contributed by atoms with Crippen LogP contribution in [0.4, 0.5) is 0 Å². The van der Waals surface area contributed by atoms with E-state index >= 15 is 0 Å². The highest BCUT2D eigenvalue weighted by Gasteiger charge is 2.72. The van der Waals surface area contributed by atoms with E-state index in [9.17, 15) is 5.11 Å². The molecule has 4 atom stereocenters. The van der Waals surface area contributed by atoms with Crippen LogP contribution in [0, 0.1) is 0 Å². The molecule has 0 amide bonds. The molecule has 4 nitrogen and oxygen atoms in total. The number of hydrogen-bond donors (Lipinski definition) is 1. The first kappa shape index (κ1) is 12.6. The van der Waals surface area contributed by atoms with Crippen LogP contribution >= 0.6 is 0 Å². The number of fused-ring (bicyclic) bond motifs is 2. The summed E-state index contributed by atoms with van der Waals surface area (Å²) in [6.45, 7) is 2.36. The standard InChI is InChI=1S/C15H24O4/c16-12-4-8-13(5-1-9-17-13)15(7-3-11-19-15)14(12)6-2-10-18-14/h12,16H,1-11H2/t12-,13-,14+,15+/m1/s1. The molecule has 4 fully saturated rings. The van der Waals surface area contributed by atoms with Crippen molar-refractivity contribution in [1.82, 2.24) is 0 Å². The number of aliphatic hydroxyl groups excluding tert-OH is 1. The molecule has 0 aromatic rings. The smallest absolute Gasteiger partial charge is 0.128 e. The Morgan fingerprint density at radius 2 is 1.53 bits per heavy atom. The highest BCUT2D eigenvalue weighted by molar-refractivity contribution is 5.23. The average Bonchev–Trinajstić information content (AvgIpc) is 3.13. The number of rotatable bonds is 0. The van der Waals surface area contributed by atoms with E-state index in [1.807, 2.05) is 0 Å². The summed E-state index contributed by atoms with van der Waals surface area (Å²) in [5, 5.41) is 10.7. The first-order chi connectivity index (χ1) is 9.25. The Morgan fingerprint density at radius 1 is 0.789 bits per heavy atom. The molecule has 0 aromatic carbocycles. The maximum atomic E-state index is 10.7. The normalized spacial score (nSPS) is 53.8. The van der Waals surface area contributed by atoms with Gasteiger partial charge in [0.25, 0.3) is 0 Å². The molecule has 0 aromatic heterocycles. The lowest BCUT2D eigenvalue weighted by Gasteiger charge is -2.59. The zero-order valence-electron chi connectivity index (χ0n) is 11.5. The van der Waals surface area contributed by atoms with Crippen molar-refractivity contribution in [2.24, 2.45) is 0 Å².